The molecule has 0 heterocycles. The highest BCUT2D eigenvalue weighted by molar-refractivity contribution is 5.33. The lowest BCUT2D eigenvalue weighted by molar-refractivity contribution is 0.268. The molecule has 1 rings (SSSR count). The van der Waals surface area contributed by atoms with Gasteiger partial charge in [0.1, 0.15) is 5.75 Å². The predicted octanol–water partition coefficient (Wildman–Crippen LogP) is 2.48. The topological polar surface area (TPSA) is 29.5 Å². The Bertz CT molecular complexity index is 279. The maximum Gasteiger partial charge on any atom is 0.119 e. The van der Waals surface area contributed by atoms with Crippen molar-refractivity contribution >= 4 is 0 Å². The molecule has 0 saturated heterocycles. The highest BCUT2D eigenvalue weighted by atomic mass is 16.5. The van der Waals surface area contributed by atoms with Crippen LogP contribution < -0.4 is 0 Å². The summed E-state index contributed by atoms with van der Waals surface area (Å²) in [5.74, 6) is 0.337. The maximum absolute atomic E-state index is 9.39. The largest absolute Gasteiger partial charge is 0.508 e. The van der Waals surface area contributed by atoms with E-state index in [0.29, 0.717) is 18.8 Å². The average molecular weight is 178 g/mol. The van der Waals surface area contributed by atoms with Gasteiger partial charge in [-0.1, -0.05) is 18.2 Å². The van der Waals surface area contributed by atoms with E-state index < -0.39 is 0 Å². The summed E-state index contributed by atoms with van der Waals surface area (Å²) in [4.78, 5) is 0. The lowest BCUT2D eigenvalue weighted by Crippen LogP contribution is -1.82. The summed E-state index contributed by atoms with van der Waals surface area (Å²) >= 11 is 0. The van der Waals surface area contributed by atoms with Crippen molar-refractivity contribution in [1.82, 2.24) is 0 Å². The number of hydrogen-bond donors (Lipinski definition) is 1. The Kier molecular flexibility index (Phi) is 3.89. The Morgan fingerprint density at radius 3 is 2.85 bits per heavy atom. The Labute approximate surface area is 78.5 Å². The van der Waals surface area contributed by atoms with Gasteiger partial charge in [-0.15, -0.1) is 0 Å². The van der Waals surface area contributed by atoms with Crippen LogP contribution >= 0.6 is 0 Å². The third-order valence-electron chi connectivity index (χ3n) is 1.69. The van der Waals surface area contributed by atoms with Gasteiger partial charge in [0.25, 0.3) is 0 Å². The summed E-state index contributed by atoms with van der Waals surface area (Å²) in [7, 11) is 0. The smallest absolute Gasteiger partial charge is 0.119 e. The summed E-state index contributed by atoms with van der Waals surface area (Å²) in [5.41, 5.74) is 0.915. The molecule has 1 aromatic rings. The standard InChI is InChI=1S/C11H14O2/c1-2-13-9-5-7-10-6-3-4-8-11(10)12/h3-6,8-9,12H,2,7H2,1H3. The molecule has 70 valence electrons. The maximum atomic E-state index is 9.39. The van der Waals surface area contributed by atoms with Crippen molar-refractivity contribution < 1.29 is 9.84 Å². The minimum atomic E-state index is 0.337. The fraction of sp³-hybridized carbons (Fsp3) is 0.273. The third kappa shape index (κ3) is 3.20. The number of phenols is 1. The molecule has 0 saturated carbocycles. The molecular formula is C11H14O2. The Hall–Kier alpha value is -1.44. The van der Waals surface area contributed by atoms with E-state index in [1.54, 1.807) is 12.3 Å². The Morgan fingerprint density at radius 2 is 2.15 bits per heavy atom. The summed E-state index contributed by atoms with van der Waals surface area (Å²) in [6.07, 6.45) is 4.25. The second-order valence-corrected chi connectivity index (χ2v) is 2.66. The second-order valence-electron chi connectivity index (χ2n) is 2.66. The first-order valence-electron chi connectivity index (χ1n) is 4.38. The first-order chi connectivity index (χ1) is 6.34. The first-order valence-corrected chi connectivity index (χ1v) is 4.38. The van der Waals surface area contributed by atoms with Gasteiger partial charge in [0.2, 0.25) is 0 Å². The molecule has 2 nitrogen and oxygen atoms in total. The van der Waals surface area contributed by atoms with Crippen molar-refractivity contribution in [1.29, 1.82) is 0 Å². The van der Waals surface area contributed by atoms with Crippen molar-refractivity contribution in [3.8, 4) is 5.75 Å². The van der Waals surface area contributed by atoms with E-state index in [4.69, 9.17) is 4.74 Å². The van der Waals surface area contributed by atoms with Crippen molar-refractivity contribution in [2.75, 3.05) is 6.61 Å². The summed E-state index contributed by atoms with van der Waals surface area (Å²) in [5, 5.41) is 9.39. The highest BCUT2D eigenvalue weighted by Gasteiger charge is 1.95. The van der Waals surface area contributed by atoms with Crippen molar-refractivity contribution in [3.05, 3.63) is 42.2 Å². The van der Waals surface area contributed by atoms with Crippen LogP contribution in [0, 0.1) is 0 Å². The third-order valence-corrected chi connectivity index (χ3v) is 1.69. The van der Waals surface area contributed by atoms with E-state index in [-0.39, 0.29) is 0 Å². The van der Waals surface area contributed by atoms with Gasteiger partial charge >= 0.3 is 0 Å². The van der Waals surface area contributed by atoms with Gasteiger partial charge in [0.05, 0.1) is 12.9 Å². The Balaban J connectivity index is 2.49. The normalized spacial score (nSPS) is 10.5. The second kappa shape index (κ2) is 5.25. The molecule has 0 fully saturated rings. The van der Waals surface area contributed by atoms with Crippen LogP contribution in [0.25, 0.3) is 0 Å². The van der Waals surface area contributed by atoms with E-state index in [0.717, 1.165) is 5.56 Å². The zero-order chi connectivity index (χ0) is 9.52. The van der Waals surface area contributed by atoms with E-state index in [1.807, 2.05) is 31.2 Å². The lowest BCUT2D eigenvalue weighted by atomic mass is 10.1. The molecular weight excluding hydrogens is 164 g/mol. The number of rotatable bonds is 4. The van der Waals surface area contributed by atoms with Crippen molar-refractivity contribution in [2.45, 2.75) is 13.3 Å². The quantitative estimate of drug-likeness (QED) is 0.718. The van der Waals surface area contributed by atoms with Crippen LogP contribution in [0.2, 0.25) is 0 Å². The van der Waals surface area contributed by atoms with Crippen LogP contribution in [-0.2, 0) is 11.2 Å². The zero-order valence-electron chi connectivity index (χ0n) is 7.73. The molecule has 1 N–H and O–H groups in total. The van der Waals surface area contributed by atoms with Gasteiger partial charge in [-0.3, -0.25) is 0 Å². The van der Waals surface area contributed by atoms with E-state index in [2.05, 4.69) is 0 Å². The highest BCUT2D eigenvalue weighted by Crippen LogP contribution is 2.15. The van der Waals surface area contributed by atoms with Crippen molar-refractivity contribution in [3.63, 3.8) is 0 Å². The fourth-order valence-corrected chi connectivity index (χ4v) is 1.02. The average Bonchev–Trinajstić information content (AvgIpc) is 2.15. The molecule has 0 spiro atoms. The van der Waals surface area contributed by atoms with Gasteiger partial charge < -0.3 is 9.84 Å². The molecule has 1 aromatic carbocycles. The lowest BCUT2D eigenvalue weighted by Gasteiger charge is -1.99. The van der Waals surface area contributed by atoms with E-state index in [9.17, 15) is 5.11 Å². The monoisotopic (exact) mass is 178 g/mol. The molecule has 0 unspecified atom stereocenters. The molecule has 0 amide bonds. The van der Waals surface area contributed by atoms with Crippen LogP contribution in [0.4, 0.5) is 0 Å². The number of phenolic OH excluding ortho intramolecular Hbond substituents is 1. The fourth-order valence-electron chi connectivity index (χ4n) is 1.02. The molecule has 0 radical (unpaired) electrons. The number of benzene rings is 1. The summed E-state index contributed by atoms with van der Waals surface area (Å²) in [6, 6.07) is 7.30. The molecule has 2 heteroatoms. The van der Waals surface area contributed by atoms with Gasteiger partial charge in [-0.25, -0.2) is 0 Å². The minimum absolute atomic E-state index is 0.337. The molecule has 0 aliphatic heterocycles. The summed E-state index contributed by atoms with van der Waals surface area (Å²) in [6.45, 7) is 2.61. The van der Waals surface area contributed by atoms with Gasteiger partial charge in [0.15, 0.2) is 0 Å². The van der Waals surface area contributed by atoms with Gasteiger partial charge in [-0.05, 0) is 31.1 Å². The number of para-hydroxylation sites is 1. The molecule has 0 bridgehead atoms. The van der Waals surface area contributed by atoms with Gasteiger partial charge in [0, 0.05) is 0 Å². The number of hydrogen-bond acceptors (Lipinski definition) is 2. The first kappa shape index (κ1) is 9.65. The number of aromatic hydroxyl groups is 1. The van der Waals surface area contributed by atoms with Crippen LogP contribution in [-0.4, -0.2) is 11.7 Å². The predicted molar refractivity (Wildman–Crippen MR) is 52.6 cm³/mol. The zero-order valence-corrected chi connectivity index (χ0v) is 7.73. The molecule has 13 heavy (non-hydrogen) atoms. The molecule has 0 atom stereocenters. The van der Waals surface area contributed by atoms with Crippen LogP contribution in [0.5, 0.6) is 5.75 Å². The van der Waals surface area contributed by atoms with Crippen LogP contribution in [0.1, 0.15) is 12.5 Å². The van der Waals surface area contributed by atoms with Crippen molar-refractivity contribution in [2.24, 2.45) is 0 Å². The Morgan fingerprint density at radius 1 is 1.38 bits per heavy atom. The minimum Gasteiger partial charge on any atom is -0.508 e. The van der Waals surface area contributed by atoms with Crippen LogP contribution in [0.3, 0.4) is 0 Å². The summed E-state index contributed by atoms with van der Waals surface area (Å²) < 4.78 is 5.03. The van der Waals surface area contributed by atoms with E-state index >= 15 is 0 Å². The SMILES string of the molecule is CCOC=CCc1ccccc1O. The molecule has 0 aliphatic carbocycles. The number of ether oxygens (including phenoxy) is 1. The van der Waals surface area contributed by atoms with E-state index in [1.165, 1.54) is 0 Å². The molecule has 0 aliphatic rings. The van der Waals surface area contributed by atoms with Gasteiger partial charge in [-0.2, -0.15) is 0 Å². The van der Waals surface area contributed by atoms with Crippen LogP contribution in [0.15, 0.2) is 36.6 Å². The molecule has 0 aromatic heterocycles. The number of allylic oxidation sites excluding steroid dienone is 1.